The van der Waals surface area contributed by atoms with Crippen LogP contribution in [0.5, 0.6) is 0 Å². The van der Waals surface area contributed by atoms with Crippen molar-refractivity contribution in [2.75, 3.05) is 17.6 Å². The Bertz CT molecular complexity index is 525. The number of carbonyl (C=O) groups excluding carboxylic acids is 1. The summed E-state index contributed by atoms with van der Waals surface area (Å²) < 4.78 is 29.8. The molecule has 0 aliphatic rings. The summed E-state index contributed by atoms with van der Waals surface area (Å²) in [6, 6.07) is 7.16. The number of anilines is 1. The van der Waals surface area contributed by atoms with Crippen molar-refractivity contribution in [1.29, 1.82) is 0 Å². The molecule has 6 heteroatoms. The monoisotopic (exact) mass is 285 g/mol. The Labute approximate surface area is 114 Å². The molecule has 1 N–H and O–H groups in total. The lowest BCUT2D eigenvalue weighted by Gasteiger charge is -2.10. The van der Waals surface area contributed by atoms with E-state index in [1.807, 2.05) is 12.1 Å². The van der Waals surface area contributed by atoms with Crippen LogP contribution in [0.2, 0.25) is 0 Å². The summed E-state index contributed by atoms with van der Waals surface area (Å²) >= 11 is 0. The van der Waals surface area contributed by atoms with Crippen LogP contribution in [-0.2, 0) is 26.0 Å². The molecule has 0 aromatic heterocycles. The molecule has 0 aliphatic heterocycles. The molecule has 1 rings (SSSR count). The average Bonchev–Trinajstić information content (AvgIpc) is 2.30. The lowest BCUT2D eigenvalue weighted by atomic mass is 10.1. The van der Waals surface area contributed by atoms with E-state index in [2.05, 4.69) is 4.72 Å². The molecule has 0 amide bonds. The highest BCUT2D eigenvalue weighted by molar-refractivity contribution is 7.92. The number of benzene rings is 1. The van der Waals surface area contributed by atoms with Crippen molar-refractivity contribution in [1.82, 2.24) is 0 Å². The molecule has 0 heterocycles. The van der Waals surface area contributed by atoms with Crippen molar-refractivity contribution in [3.63, 3.8) is 0 Å². The van der Waals surface area contributed by atoms with Gasteiger partial charge in [-0.15, -0.1) is 0 Å². The first kappa shape index (κ1) is 15.5. The second-order valence-corrected chi connectivity index (χ2v) is 5.94. The number of aryl methyl sites for hydroxylation is 1. The third-order valence-corrected chi connectivity index (χ3v) is 3.04. The van der Waals surface area contributed by atoms with Gasteiger partial charge in [-0.3, -0.25) is 9.52 Å². The minimum atomic E-state index is -3.29. The Morgan fingerprint density at radius 2 is 2.00 bits per heavy atom. The summed E-state index contributed by atoms with van der Waals surface area (Å²) in [5.74, 6) is -0.226. The molecule has 0 radical (unpaired) electrons. The van der Waals surface area contributed by atoms with Gasteiger partial charge in [0, 0.05) is 6.42 Å². The van der Waals surface area contributed by atoms with Gasteiger partial charge in [-0.25, -0.2) is 8.42 Å². The SMILES string of the molecule is CCOC(=O)CCCc1ccccc1NS(C)(=O)=O. The Morgan fingerprint density at radius 1 is 1.32 bits per heavy atom. The first-order valence-electron chi connectivity index (χ1n) is 6.13. The minimum absolute atomic E-state index is 0.226. The Balaban J connectivity index is 2.61. The zero-order valence-electron chi connectivity index (χ0n) is 11.2. The van der Waals surface area contributed by atoms with E-state index in [4.69, 9.17) is 4.74 Å². The summed E-state index contributed by atoms with van der Waals surface area (Å²) in [6.07, 6.45) is 2.70. The van der Waals surface area contributed by atoms with Gasteiger partial charge in [0.15, 0.2) is 0 Å². The molecule has 0 aliphatic carbocycles. The molecule has 1 aromatic carbocycles. The molecule has 106 valence electrons. The van der Waals surface area contributed by atoms with E-state index in [1.165, 1.54) is 0 Å². The van der Waals surface area contributed by atoms with Gasteiger partial charge in [-0.2, -0.15) is 0 Å². The highest BCUT2D eigenvalue weighted by Gasteiger charge is 2.08. The van der Waals surface area contributed by atoms with Gasteiger partial charge >= 0.3 is 5.97 Å². The molecule has 0 unspecified atom stereocenters. The predicted octanol–water partition coefficient (Wildman–Crippen LogP) is 1.94. The molecule has 1 aromatic rings. The number of sulfonamides is 1. The number of esters is 1. The van der Waals surface area contributed by atoms with Crippen LogP contribution in [-0.4, -0.2) is 27.2 Å². The molecule has 0 bridgehead atoms. The normalized spacial score (nSPS) is 11.1. The number of rotatable bonds is 7. The summed E-state index contributed by atoms with van der Waals surface area (Å²) in [6.45, 7) is 2.15. The topological polar surface area (TPSA) is 72.5 Å². The van der Waals surface area contributed by atoms with Crippen molar-refractivity contribution in [2.24, 2.45) is 0 Å². The fourth-order valence-electron chi connectivity index (χ4n) is 1.69. The molecule has 5 nitrogen and oxygen atoms in total. The van der Waals surface area contributed by atoms with Gasteiger partial charge in [-0.05, 0) is 31.4 Å². The summed E-state index contributed by atoms with van der Waals surface area (Å²) in [5.41, 5.74) is 1.44. The van der Waals surface area contributed by atoms with Crippen LogP contribution < -0.4 is 4.72 Å². The fourth-order valence-corrected chi connectivity index (χ4v) is 2.29. The summed E-state index contributed by atoms with van der Waals surface area (Å²) in [5, 5.41) is 0. The van der Waals surface area contributed by atoms with Gasteiger partial charge in [-0.1, -0.05) is 18.2 Å². The maximum absolute atomic E-state index is 11.2. The van der Waals surface area contributed by atoms with E-state index in [0.29, 0.717) is 31.6 Å². The zero-order chi connectivity index (χ0) is 14.3. The van der Waals surface area contributed by atoms with Crippen LogP contribution in [0.15, 0.2) is 24.3 Å². The second-order valence-electron chi connectivity index (χ2n) is 4.19. The first-order valence-corrected chi connectivity index (χ1v) is 8.03. The van der Waals surface area contributed by atoms with Crippen molar-refractivity contribution in [3.8, 4) is 0 Å². The highest BCUT2D eigenvalue weighted by Crippen LogP contribution is 2.18. The predicted molar refractivity (Wildman–Crippen MR) is 74.5 cm³/mol. The molecular formula is C13H19NO4S. The molecular weight excluding hydrogens is 266 g/mol. The summed E-state index contributed by atoms with van der Waals surface area (Å²) in [4.78, 5) is 11.2. The van der Waals surface area contributed by atoms with Crippen LogP contribution in [0.1, 0.15) is 25.3 Å². The lowest BCUT2D eigenvalue weighted by molar-refractivity contribution is -0.143. The number of nitrogens with one attached hydrogen (secondary N) is 1. The van der Waals surface area contributed by atoms with Crippen LogP contribution >= 0.6 is 0 Å². The van der Waals surface area contributed by atoms with E-state index >= 15 is 0 Å². The third-order valence-electron chi connectivity index (χ3n) is 2.45. The van der Waals surface area contributed by atoms with E-state index in [9.17, 15) is 13.2 Å². The maximum atomic E-state index is 11.2. The zero-order valence-corrected chi connectivity index (χ0v) is 12.0. The average molecular weight is 285 g/mol. The van der Waals surface area contributed by atoms with Crippen LogP contribution in [0.25, 0.3) is 0 Å². The molecule has 19 heavy (non-hydrogen) atoms. The highest BCUT2D eigenvalue weighted by atomic mass is 32.2. The number of hydrogen-bond donors (Lipinski definition) is 1. The lowest BCUT2D eigenvalue weighted by Crippen LogP contribution is -2.11. The van der Waals surface area contributed by atoms with Crippen molar-refractivity contribution in [3.05, 3.63) is 29.8 Å². The fraction of sp³-hybridized carbons (Fsp3) is 0.462. The third kappa shape index (κ3) is 6.24. The first-order chi connectivity index (χ1) is 8.92. The Morgan fingerprint density at radius 3 is 2.63 bits per heavy atom. The smallest absolute Gasteiger partial charge is 0.305 e. The Hall–Kier alpha value is -1.56. The second kappa shape index (κ2) is 7.13. The molecule has 0 fully saturated rings. The van der Waals surface area contributed by atoms with Gasteiger partial charge in [0.1, 0.15) is 0 Å². The van der Waals surface area contributed by atoms with Crippen molar-refractivity contribution < 1.29 is 17.9 Å². The van der Waals surface area contributed by atoms with Gasteiger partial charge in [0.25, 0.3) is 0 Å². The van der Waals surface area contributed by atoms with E-state index < -0.39 is 10.0 Å². The van der Waals surface area contributed by atoms with E-state index in [0.717, 1.165) is 11.8 Å². The number of hydrogen-bond acceptors (Lipinski definition) is 4. The molecule has 0 saturated heterocycles. The summed E-state index contributed by atoms with van der Waals surface area (Å²) in [7, 11) is -3.29. The number of carbonyl (C=O) groups is 1. The maximum Gasteiger partial charge on any atom is 0.305 e. The largest absolute Gasteiger partial charge is 0.466 e. The molecule has 0 atom stereocenters. The van der Waals surface area contributed by atoms with Gasteiger partial charge in [0.2, 0.25) is 10.0 Å². The van der Waals surface area contributed by atoms with Gasteiger partial charge in [0.05, 0.1) is 18.6 Å². The quantitative estimate of drug-likeness (QED) is 0.777. The Kier molecular flexibility index (Phi) is 5.82. The molecule has 0 spiro atoms. The van der Waals surface area contributed by atoms with Gasteiger partial charge < -0.3 is 4.74 Å². The van der Waals surface area contributed by atoms with Crippen LogP contribution in [0.4, 0.5) is 5.69 Å². The minimum Gasteiger partial charge on any atom is -0.466 e. The van der Waals surface area contributed by atoms with Crippen molar-refractivity contribution in [2.45, 2.75) is 26.2 Å². The van der Waals surface area contributed by atoms with Crippen molar-refractivity contribution >= 4 is 21.7 Å². The van der Waals surface area contributed by atoms with E-state index in [1.54, 1.807) is 19.1 Å². The molecule has 0 saturated carbocycles. The number of para-hydroxylation sites is 1. The van der Waals surface area contributed by atoms with Crippen LogP contribution in [0, 0.1) is 0 Å². The standard InChI is InChI=1S/C13H19NO4S/c1-3-18-13(15)10-6-8-11-7-4-5-9-12(11)14-19(2,16)17/h4-5,7,9,14H,3,6,8,10H2,1-2H3. The number of ether oxygens (including phenoxy) is 1. The van der Waals surface area contributed by atoms with Crippen LogP contribution in [0.3, 0.4) is 0 Å². The van der Waals surface area contributed by atoms with E-state index in [-0.39, 0.29) is 5.97 Å².